The maximum Gasteiger partial charge on any atom is 0.242 e. The van der Waals surface area contributed by atoms with Gasteiger partial charge in [0.25, 0.3) is 0 Å². The highest BCUT2D eigenvalue weighted by Crippen LogP contribution is 2.33. The van der Waals surface area contributed by atoms with Gasteiger partial charge in [0.2, 0.25) is 10.0 Å². The Kier molecular flexibility index (Phi) is 3.59. The van der Waals surface area contributed by atoms with Gasteiger partial charge in [-0.1, -0.05) is 0 Å². The Bertz CT molecular complexity index is 633. The second kappa shape index (κ2) is 5.15. The number of hydrogen-bond acceptors (Lipinski definition) is 5. The van der Waals surface area contributed by atoms with Crippen LogP contribution in [0.4, 0.5) is 11.4 Å². The molecular weight excluding hydrogens is 290 g/mol. The van der Waals surface area contributed by atoms with Crippen molar-refractivity contribution in [1.29, 1.82) is 0 Å². The number of fused-ring (bicyclic) bond motifs is 2. The molecule has 2 saturated heterocycles. The van der Waals surface area contributed by atoms with Gasteiger partial charge in [0.1, 0.15) is 0 Å². The summed E-state index contributed by atoms with van der Waals surface area (Å²) < 4.78 is 31.2. The monoisotopic (exact) mass is 311 g/mol. The summed E-state index contributed by atoms with van der Waals surface area (Å²) in [6.07, 6.45) is 2.73. The van der Waals surface area contributed by atoms with Crippen molar-refractivity contribution in [3.63, 3.8) is 0 Å². The fourth-order valence-electron chi connectivity index (χ4n) is 3.00. The van der Waals surface area contributed by atoms with E-state index < -0.39 is 10.0 Å². The third-order valence-electron chi connectivity index (χ3n) is 4.16. The van der Waals surface area contributed by atoms with E-state index in [0.29, 0.717) is 5.69 Å². The van der Waals surface area contributed by atoms with Gasteiger partial charge in [-0.2, -0.15) is 0 Å². The van der Waals surface area contributed by atoms with Crippen molar-refractivity contribution in [3.05, 3.63) is 18.2 Å². The van der Waals surface area contributed by atoms with Crippen LogP contribution in [0.2, 0.25) is 0 Å². The lowest BCUT2D eigenvalue weighted by molar-refractivity contribution is 0.0305. The predicted octanol–water partition coefficient (Wildman–Crippen LogP) is 0.887. The topological polar surface area (TPSA) is 75.9 Å². The van der Waals surface area contributed by atoms with Crippen molar-refractivity contribution in [2.45, 2.75) is 29.9 Å². The van der Waals surface area contributed by atoms with Gasteiger partial charge in [0.05, 0.1) is 28.5 Å². The van der Waals surface area contributed by atoms with Crippen LogP contribution >= 0.6 is 0 Å². The maximum absolute atomic E-state index is 12.1. The lowest BCUT2D eigenvalue weighted by Gasteiger charge is -2.34. The highest BCUT2D eigenvalue weighted by atomic mass is 32.2. The summed E-state index contributed by atoms with van der Waals surface area (Å²) in [7, 11) is -0.420. The summed E-state index contributed by atoms with van der Waals surface area (Å²) in [5.41, 5.74) is 7.49. The Morgan fingerprint density at radius 3 is 2.38 bits per heavy atom. The zero-order chi connectivity index (χ0) is 15.2. The first kappa shape index (κ1) is 14.6. The maximum atomic E-state index is 12.1. The number of nitrogens with zero attached hydrogens (tertiary/aromatic N) is 2. The molecule has 6 nitrogen and oxygen atoms in total. The predicted molar refractivity (Wildman–Crippen MR) is 81.8 cm³/mol. The lowest BCUT2D eigenvalue weighted by atomic mass is 10.2. The molecule has 2 aliphatic heterocycles. The Morgan fingerprint density at radius 2 is 1.86 bits per heavy atom. The standard InChI is InChI=1S/C14H21N3O3S/c1-16(2)21(18,19)12-5-6-14(13(15)7-12)17-8-10-3-4-11(9-17)20-10/h5-7,10-11H,3-4,8-9,15H2,1-2H3. The largest absolute Gasteiger partial charge is 0.397 e. The molecular formula is C14H21N3O3S. The van der Waals surface area contributed by atoms with E-state index in [1.807, 2.05) is 0 Å². The number of morpholine rings is 1. The molecule has 1 aromatic rings. The summed E-state index contributed by atoms with van der Waals surface area (Å²) >= 11 is 0. The number of nitrogen functional groups attached to an aromatic ring is 1. The van der Waals surface area contributed by atoms with Gasteiger partial charge in [-0.3, -0.25) is 0 Å². The molecule has 2 atom stereocenters. The number of rotatable bonds is 3. The van der Waals surface area contributed by atoms with Crippen LogP contribution in [0.25, 0.3) is 0 Å². The Labute approximate surface area is 125 Å². The van der Waals surface area contributed by atoms with Crippen molar-refractivity contribution in [1.82, 2.24) is 4.31 Å². The van der Waals surface area contributed by atoms with Crippen LogP contribution in [-0.2, 0) is 14.8 Å². The zero-order valence-electron chi connectivity index (χ0n) is 12.3. The molecule has 2 aliphatic rings. The quantitative estimate of drug-likeness (QED) is 0.839. The highest BCUT2D eigenvalue weighted by Gasteiger charge is 2.34. The average molecular weight is 311 g/mol. The molecule has 2 N–H and O–H groups in total. The van der Waals surface area contributed by atoms with Crippen LogP contribution in [0.3, 0.4) is 0 Å². The fourth-order valence-corrected chi connectivity index (χ4v) is 3.94. The van der Waals surface area contributed by atoms with E-state index in [0.717, 1.165) is 31.6 Å². The molecule has 2 heterocycles. The smallest absolute Gasteiger partial charge is 0.242 e. The molecule has 2 unspecified atom stereocenters. The summed E-state index contributed by atoms with van der Waals surface area (Å²) in [6, 6.07) is 4.97. The van der Waals surface area contributed by atoms with Gasteiger partial charge in [0, 0.05) is 27.2 Å². The highest BCUT2D eigenvalue weighted by molar-refractivity contribution is 7.89. The fraction of sp³-hybridized carbons (Fsp3) is 0.571. The first-order valence-electron chi connectivity index (χ1n) is 7.10. The minimum Gasteiger partial charge on any atom is -0.397 e. The van der Waals surface area contributed by atoms with Crippen LogP contribution in [0.5, 0.6) is 0 Å². The van der Waals surface area contributed by atoms with Crippen molar-refractivity contribution in [3.8, 4) is 0 Å². The third kappa shape index (κ3) is 2.61. The molecule has 0 spiro atoms. The average Bonchev–Trinajstić information content (AvgIpc) is 2.77. The zero-order valence-corrected chi connectivity index (χ0v) is 13.1. The van der Waals surface area contributed by atoms with Gasteiger partial charge >= 0.3 is 0 Å². The molecule has 21 heavy (non-hydrogen) atoms. The van der Waals surface area contributed by atoms with Crippen molar-refractivity contribution < 1.29 is 13.2 Å². The molecule has 0 aliphatic carbocycles. The van der Waals surface area contributed by atoms with Crippen LogP contribution < -0.4 is 10.6 Å². The number of hydrogen-bond donors (Lipinski definition) is 1. The van der Waals surface area contributed by atoms with E-state index in [9.17, 15) is 8.42 Å². The number of nitrogens with two attached hydrogens (primary N) is 1. The van der Waals surface area contributed by atoms with E-state index in [4.69, 9.17) is 10.5 Å². The van der Waals surface area contributed by atoms with E-state index >= 15 is 0 Å². The molecule has 0 radical (unpaired) electrons. The molecule has 116 valence electrons. The first-order valence-corrected chi connectivity index (χ1v) is 8.54. The van der Waals surface area contributed by atoms with Crippen LogP contribution in [-0.4, -0.2) is 52.1 Å². The van der Waals surface area contributed by atoms with E-state index in [1.54, 1.807) is 18.2 Å². The SMILES string of the molecule is CN(C)S(=O)(=O)c1ccc(N2CC3CCC(C2)O3)c(N)c1. The minimum absolute atomic E-state index is 0.227. The third-order valence-corrected chi connectivity index (χ3v) is 5.97. The van der Waals surface area contributed by atoms with E-state index in [-0.39, 0.29) is 17.1 Å². The summed E-state index contributed by atoms with van der Waals surface area (Å²) in [5, 5.41) is 0. The molecule has 1 aromatic carbocycles. The van der Waals surface area contributed by atoms with Crippen LogP contribution in [0, 0.1) is 0 Å². The summed E-state index contributed by atoms with van der Waals surface area (Å²) in [6.45, 7) is 1.64. The Morgan fingerprint density at radius 1 is 1.24 bits per heavy atom. The number of benzene rings is 1. The van der Waals surface area contributed by atoms with Gasteiger partial charge in [0.15, 0.2) is 0 Å². The molecule has 2 bridgehead atoms. The van der Waals surface area contributed by atoms with Gasteiger partial charge in [-0.15, -0.1) is 0 Å². The Balaban J connectivity index is 1.89. The molecule has 0 amide bonds. The number of ether oxygens (including phenoxy) is 1. The van der Waals surface area contributed by atoms with Crippen LogP contribution in [0.15, 0.2) is 23.1 Å². The molecule has 0 saturated carbocycles. The minimum atomic E-state index is -3.45. The summed E-state index contributed by atoms with van der Waals surface area (Å²) in [4.78, 5) is 2.43. The number of anilines is 2. The molecule has 7 heteroatoms. The van der Waals surface area contributed by atoms with E-state index in [2.05, 4.69) is 4.90 Å². The molecule has 0 aromatic heterocycles. The van der Waals surface area contributed by atoms with Crippen LogP contribution in [0.1, 0.15) is 12.8 Å². The Hall–Kier alpha value is -1.31. The second-order valence-electron chi connectivity index (χ2n) is 5.87. The van der Waals surface area contributed by atoms with Gasteiger partial charge < -0.3 is 15.4 Å². The van der Waals surface area contributed by atoms with Gasteiger partial charge in [-0.25, -0.2) is 12.7 Å². The second-order valence-corrected chi connectivity index (χ2v) is 8.02. The van der Waals surface area contributed by atoms with Crippen molar-refractivity contribution >= 4 is 21.4 Å². The lowest BCUT2D eigenvalue weighted by Crippen LogP contribution is -2.42. The normalized spacial score (nSPS) is 25.6. The van der Waals surface area contributed by atoms with Crippen molar-refractivity contribution in [2.24, 2.45) is 0 Å². The summed E-state index contributed by atoms with van der Waals surface area (Å²) in [5.74, 6) is 0. The van der Waals surface area contributed by atoms with Gasteiger partial charge in [-0.05, 0) is 31.0 Å². The van der Waals surface area contributed by atoms with Crippen molar-refractivity contribution in [2.75, 3.05) is 37.8 Å². The molecule has 2 fully saturated rings. The molecule has 3 rings (SSSR count). The number of sulfonamides is 1. The first-order chi connectivity index (χ1) is 9.88. The van der Waals surface area contributed by atoms with E-state index in [1.165, 1.54) is 18.4 Å².